The van der Waals surface area contributed by atoms with Crippen LogP contribution in [0.25, 0.3) is 0 Å². The summed E-state index contributed by atoms with van der Waals surface area (Å²) in [7, 11) is 1.58. The molecule has 0 aromatic heterocycles. The summed E-state index contributed by atoms with van der Waals surface area (Å²) >= 11 is 0. The second-order valence-corrected chi connectivity index (χ2v) is 9.14. The van der Waals surface area contributed by atoms with Crippen LogP contribution in [0, 0.1) is 5.82 Å². The molecule has 0 radical (unpaired) electrons. The zero-order valence-electron chi connectivity index (χ0n) is 20.2. The predicted octanol–water partition coefficient (Wildman–Crippen LogP) is 5.83. The number of ketones is 1. The van der Waals surface area contributed by atoms with Crippen LogP contribution in [0.2, 0.25) is 0 Å². The maximum Gasteiger partial charge on any atom is 0.254 e. The molecule has 1 heterocycles. The van der Waals surface area contributed by atoms with Crippen molar-refractivity contribution in [1.82, 2.24) is 5.32 Å². The van der Waals surface area contributed by atoms with Gasteiger partial charge >= 0.3 is 0 Å². The first-order valence-corrected chi connectivity index (χ1v) is 11.9. The van der Waals surface area contributed by atoms with Crippen molar-refractivity contribution in [3.63, 3.8) is 0 Å². The number of amides is 1. The number of rotatable bonds is 5. The normalized spacial score (nSPS) is 19.5. The molecule has 0 saturated carbocycles. The molecule has 1 aliphatic carbocycles. The first-order chi connectivity index (χ1) is 17.5. The number of hydrogen-bond donors (Lipinski definition) is 2. The lowest BCUT2D eigenvalue weighted by molar-refractivity contribution is -0.116. The quantitative estimate of drug-likeness (QED) is 0.480. The van der Waals surface area contributed by atoms with Crippen molar-refractivity contribution in [2.24, 2.45) is 0 Å². The van der Waals surface area contributed by atoms with E-state index in [2.05, 4.69) is 10.6 Å². The molecule has 2 atom stereocenters. The highest BCUT2D eigenvalue weighted by molar-refractivity contribution is 6.10. The minimum Gasteiger partial charge on any atom is -0.497 e. The van der Waals surface area contributed by atoms with Crippen LogP contribution in [-0.2, 0) is 9.59 Å². The fourth-order valence-corrected chi connectivity index (χ4v) is 5.21. The summed E-state index contributed by atoms with van der Waals surface area (Å²) in [6.45, 7) is 1.82. The van der Waals surface area contributed by atoms with Crippen molar-refractivity contribution >= 4 is 17.4 Å². The molecule has 5 nitrogen and oxygen atoms in total. The van der Waals surface area contributed by atoms with Gasteiger partial charge in [-0.15, -0.1) is 0 Å². The van der Waals surface area contributed by atoms with E-state index in [1.54, 1.807) is 19.2 Å². The van der Waals surface area contributed by atoms with Crippen molar-refractivity contribution in [1.29, 1.82) is 0 Å². The van der Waals surface area contributed by atoms with E-state index in [9.17, 15) is 14.0 Å². The number of hydrogen-bond acceptors (Lipinski definition) is 4. The average Bonchev–Trinajstić information content (AvgIpc) is 2.89. The molecule has 36 heavy (non-hydrogen) atoms. The molecule has 0 saturated heterocycles. The lowest BCUT2D eigenvalue weighted by Crippen LogP contribution is -2.37. The number of nitrogens with one attached hydrogen (secondary N) is 2. The number of Topliss-reactive ketones (excluding diaryl/α,β-unsaturated/α-hetero) is 1. The van der Waals surface area contributed by atoms with E-state index in [0.29, 0.717) is 35.4 Å². The number of anilines is 1. The van der Waals surface area contributed by atoms with E-state index in [1.807, 2.05) is 61.5 Å². The van der Waals surface area contributed by atoms with Gasteiger partial charge in [0.25, 0.3) is 5.91 Å². The van der Waals surface area contributed by atoms with Gasteiger partial charge < -0.3 is 15.4 Å². The van der Waals surface area contributed by atoms with Gasteiger partial charge in [0, 0.05) is 34.9 Å². The topological polar surface area (TPSA) is 67.4 Å². The molecule has 6 heteroatoms. The number of carbonyl (C=O) groups is 2. The average molecular weight is 483 g/mol. The van der Waals surface area contributed by atoms with Gasteiger partial charge in [-0.2, -0.15) is 0 Å². The van der Waals surface area contributed by atoms with E-state index in [0.717, 1.165) is 16.8 Å². The molecular formula is C30H27FN2O3. The van der Waals surface area contributed by atoms with Crippen LogP contribution in [-0.4, -0.2) is 18.8 Å². The Labute approximate surface area is 209 Å². The van der Waals surface area contributed by atoms with Crippen LogP contribution in [0.5, 0.6) is 5.75 Å². The third kappa shape index (κ3) is 4.42. The van der Waals surface area contributed by atoms with Crippen molar-refractivity contribution in [3.8, 4) is 5.75 Å². The molecule has 2 N–H and O–H groups in total. The standard InChI is InChI=1S/C30H27FN2O3/c1-18-27(30(35)33-24-14-7-6-13-23(24)31)28(20-11-8-12-22(15-20)36-2)29-25(32-18)16-21(17-26(29)34)19-9-4-3-5-10-19/h3-15,21,28,32H,16-17H2,1-2H3,(H,33,35)/t21-,28+/m0/s1. The zero-order chi connectivity index (χ0) is 25.2. The number of carbonyl (C=O) groups excluding carboxylic acids is 2. The molecule has 182 valence electrons. The van der Waals surface area contributed by atoms with Crippen LogP contribution < -0.4 is 15.4 Å². The molecule has 1 amide bonds. The summed E-state index contributed by atoms with van der Waals surface area (Å²) in [6, 6.07) is 23.5. The summed E-state index contributed by atoms with van der Waals surface area (Å²) in [5.41, 5.74) is 4.40. The molecule has 0 unspecified atom stereocenters. The number of methoxy groups -OCH3 is 1. The second-order valence-electron chi connectivity index (χ2n) is 9.14. The van der Waals surface area contributed by atoms with Gasteiger partial charge in [-0.1, -0.05) is 54.6 Å². The van der Waals surface area contributed by atoms with Gasteiger partial charge in [-0.3, -0.25) is 9.59 Å². The Bertz CT molecular complexity index is 1390. The summed E-state index contributed by atoms with van der Waals surface area (Å²) < 4.78 is 19.8. The van der Waals surface area contributed by atoms with Crippen LogP contribution in [0.3, 0.4) is 0 Å². The van der Waals surface area contributed by atoms with Crippen LogP contribution in [0.1, 0.15) is 42.7 Å². The Morgan fingerprint density at radius 2 is 1.69 bits per heavy atom. The summed E-state index contributed by atoms with van der Waals surface area (Å²) in [5, 5.41) is 6.07. The minimum atomic E-state index is -0.604. The zero-order valence-corrected chi connectivity index (χ0v) is 20.2. The van der Waals surface area contributed by atoms with E-state index in [4.69, 9.17) is 4.74 Å². The van der Waals surface area contributed by atoms with Crippen molar-refractivity contribution in [2.75, 3.05) is 12.4 Å². The number of ether oxygens (including phenoxy) is 1. The highest BCUT2D eigenvalue weighted by atomic mass is 19.1. The summed E-state index contributed by atoms with van der Waals surface area (Å²) in [5.74, 6) is -0.906. The number of halogens is 1. The molecule has 3 aromatic rings. The molecule has 0 spiro atoms. The maximum absolute atomic E-state index is 14.3. The van der Waals surface area contributed by atoms with E-state index in [-0.39, 0.29) is 17.4 Å². The van der Waals surface area contributed by atoms with E-state index >= 15 is 0 Å². The molecule has 2 aliphatic rings. The highest BCUT2D eigenvalue weighted by Crippen LogP contribution is 2.46. The smallest absolute Gasteiger partial charge is 0.254 e. The maximum atomic E-state index is 14.3. The summed E-state index contributed by atoms with van der Waals surface area (Å²) in [4.78, 5) is 27.3. The highest BCUT2D eigenvalue weighted by Gasteiger charge is 2.41. The SMILES string of the molecule is COc1cccc([C@@H]2C(C(=O)Nc3ccccc3F)=C(C)NC3=C2C(=O)C[C@@H](c2ccccc2)C3)c1. The van der Waals surface area contributed by atoms with Crippen molar-refractivity contribution < 1.29 is 18.7 Å². The number of para-hydroxylation sites is 1. The van der Waals surface area contributed by atoms with Gasteiger partial charge in [0.2, 0.25) is 0 Å². The fraction of sp³-hybridized carbons (Fsp3) is 0.200. The molecule has 1 aliphatic heterocycles. The van der Waals surface area contributed by atoms with Gasteiger partial charge in [0.05, 0.1) is 12.8 Å². The van der Waals surface area contributed by atoms with E-state index < -0.39 is 17.6 Å². The van der Waals surface area contributed by atoms with Crippen LogP contribution in [0.4, 0.5) is 10.1 Å². The third-order valence-corrected chi connectivity index (χ3v) is 6.89. The molecular weight excluding hydrogens is 455 g/mol. The van der Waals surface area contributed by atoms with Crippen molar-refractivity contribution in [3.05, 3.63) is 118 Å². The first-order valence-electron chi connectivity index (χ1n) is 11.9. The second kappa shape index (κ2) is 9.82. The van der Waals surface area contributed by atoms with Crippen molar-refractivity contribution in [2.45, 2.75) is 31.6 Å². The molecule has 3 aromatic carbocycles. The largest absolute Gasteiger partial charge is 0.497 e. The Morgan fingerprint density at radius 3 is 2.44 bits per heavy atom. The lowest BCUT2D eigenvalue weighted by atomic mass is 9.71. The summed E-state index contributed by atoms with van der Waals surface area (Å²) in [6.07, 6.45) is 1.01. The molecule has 0 bridgehead atoms. The molecule has 5 rings (SSSR count). The van der Waals surface area contributed by atoms with Gasteiger partial charge in [0.1, 0.15) is 11.6 Å². The Hall–Kier alpha value is -4.19. The Morgan fingerprint density at radius 1 is 0.972 bits per heavy atom. The number of dihydropyridines is 1. The number of allylic oxidation sites excluding steroid dienone is 3. The third-order valence-electron chi connectivity index (χ3n) is 6.89. The lowest BCUT2D eigenvalue weighted by Gasteiger charge is -2.37. The fourth-order valence-electron chi connectivity index (χ4n) is 5.21. The first kappa shape index (κ1) is 23.5. The number of benzene rings is 3. The van der Waals surface area contributed by atoms with Gasteiger partial charge in [-0.25, -0.2) is 4.39 Å². The van der Waals surface area contributed by atoms with E-state index in [1.165, 1.54) is 12.1 Å². The monoisotopic (exact) mass is 482 g/mol. The Kier molecular flexibility index (Phi) is 6.42. The van der Waals surface area contributed by atoms with Gasteiger partial charge in [-0.05, 0) is 54.7 Å². The predicted molar refractivity (Wildman–Crippen MR) is 137 cm³/mol. The van der Waals surface area contributed by atoms with Crippen LogP contribution in [0.15, 0.2) is 101 Å². The van der Waals surface area contributed by atoms with Crippen LogP contribution >= 0.6 is 0 Å². The Balaban J connectivity index is 1.59. The molecule has 0 fully saturated rings. The minimum absolute atomic E-state index is 0.00545. The van der Waals surface area contributed by atoms with Gasteiger partial charge in [0.15, 0.2) is 5.78 Å².